The molecule has 0 aromatic heterocycles. The van der Waals surface area contributed by atoms with E-state index in [4.69, 9.17) is 0 Å². The number of hydrogen-bond donors (Lipinski definition) is 1. The van der Waals surface area contributed by atoms with Crippen LogP contribution in [0, 0.1) is 19.7 Å². The molecule has 0 amide bonds. The summed E-state index contributed by atoms with van der Waals surface area (Å²) in [6.45, 7) is 4.34. The molecule has 0 spiro atoms. The van der Waals surface area contributed by atoms with Crippen molar-refractivity contribution in [2.45, 2.75) is 52.0 Å². The van der Waals surface area contributed by atoms with Gasteiger partial charge in [0.1, 0.15) is 5.82 Å². The quantitative estimate of drug-likeness (QED) is 0.441. The summed E-state index contributed by atoms with van der Waals surface area (Å²) < 4.78 is 19.3. The molecule has 4 heteroatoms. The van der Waals surface area contributed by atoms with E-state index < -0.39 is 0 Å². The first-order valence-corrected chi connectivity index (χ1v) is 11.3. The molecule has 1 N–H and O–H groups in total. The number of carbonyl (C=O) groups is 1. The van der Waals surface area contributed by atoms with Crippen LogP contribution in [0.2, 0.25) is 0 Å². The first kappa shape index (κ1) is 22.1. The maximum Gasteiger partial charge on any atom is 0.305 e. The number of esters is 1. The van der Waals surface area contributed by atoms with Gasteiger partial charge in [0.2, 0.25) is 0 Å². The van der Waals surface area contributed by atoms with Gasteiger partial charge in [-0.05, 0) is 90.6 Å². The van der Waals surface area contributed by atoms with Crippen LogP contribution in [0.4, 0.5) is 10.1 Å². The minimum Gasteiger partial charge on any atom is -0.469 e. The van der Waals surface area contributed by atoms with E-state index in [9.17, 15) is 9.18 Å². The van der Waals surface area contributed by atoms with Gasteiger partial charge in [-0.1, -0.05) is 42.5 Å². The van der Waals surface area contributed by atoms with Crippen LogP contribution in [-0.4, -0.2) is 13.1 Å². The fourth-order valence-electron chi connectivity index (χ4n) is 4.85. The molecule has 1 aliphatic carbocycles. The number of ether oxygens (including phenoxy) is 1. The Labute approximate surface area is 189 Å². The summed E-state index contributed by atoms with van der Waals surface area (Å²) in [5, 5.41) is 3.56. The highest BCUT2D eigenvalue weighted by Crippen LogP contribution is 2.39. The lowest BCUT2D eigenvalue weighted by Crippen LogP contribution is -2.18. The van der Waals surface area contributed by atoms with Crippen LogP contribution in [0.5, 0.6) is 0 Å². The summed E-state index contributed by atoms with van der Waals surface area (Å²) in [7, 11) is 1.35. The van der Waals surface area contributed by atoms with Crippen molar-refractivity contribution >= 4 is 11.7 Å². The molecular formula is C28H30FNO2. The molecule has 3 nitrogen and oxygen atoms in total. The molecule has 1 unspecified atom stereocenters. The standard InChI is InChI=1S/C28H30FNO2/c1-18-7-4-8-19(2)28(18)24-11-5-10-23-22(24)9-6-12-26(23)30-21-15-13-20(25(29)17-21)14-16-27(31)32-3/h4-5,7-8,10-11,13,15,17,26,30H,6,9,12,14,16H2,1-3H3. The third-order valence-electron chi connectivity index (χ3n) is 6.48. The molecule has 166 valence electrons. The van der Waals surface area contributed by atoms with Crippen molar-refractivity contribution in [1.82, 2.24) is 0 Å². The summed E-state index contributed by atoms with van der Waals surface area (Å²) in [6, 6.07) is 18.4. The van der Waals surface area contributed by atoms with E-state index in [1.807, 2.05) is 6.07 Å². The Hall–Kier alpha value is -3.14. The van der Waals surface area contributed by atoms with Crippen molar-refractivity contribution < 1.29 is 13.9 Å². The minimum atomic E-state index is -0.329. The fraction of sp³-hybridized carbons (Fsp3) is 0.321. The van der Waals surface area contributed by atoms with Crippen LogP contribution < -0.4 is 5.32 Å². The summed E-state index contributed by atoms with van der Waals surface area (Å²) in [6.07, 6.45) is 3.67. The number of halogens is 1. The van der Waals surface area contributed by atoms with Gasteiger partial charge in [0.25, 0.3) is 0 Å². The molecule has 4 rings (SSSR count). The minimum absolute atomic E-state index is 0.142. The van der Waals surface area contributed by atoms with Gasteiger partial charge in [-0.15, -0.1) is 0 Å². The maximum atomic E-state index is 14.6. The predicted octanol–water partition coefficient (Wildman–Crippen LogP) is 6.70. The molecule has 0 bridgehead atoms. The van der Waals surface area contributed by atoms with E-state index in [-0.39, 0.29) is 24.2 Å². The van der Waals surface area contributed by atoms with Crippen molar-refractivity contribution in [2.75, 3.05) is 12.4 Å². The number of fused-ring (bicyclic) bond motifs is 1. The lowest BCUT2D eigenvalue weighted by atomic mass is 9.81. The summed E-state index contributed by atoms with van der Waals surface area (Å²) in [5.74, 6) is -0.621. The molecule has 3 aromatic rings. The monoisotopic (exact) mass is 431 g/mol. The third-order valence-corrected chi connectivity index (χ3v) is 6.48. The summed E-state index contributed by atoms with van der Waals surface area (Å²) >= 11 is 0. The van der Waals surface area contributed by atoms with Crippen molar-refractivity contribution in [2.24, 2.45) is 0 Å². The average Bonchev–Trinajstić information content (AvgIpc) is 2.78. The Morgan fingerprint density at radius 1 is 1.09 bits per heavy atom. The SMILES string of the molecule is COC(=O)CCc1ccc(NC2CCCc3c(-c4c(C)cccc4C)cccc32)cc1F. The Bertz CT molecular complexity index is 1120. The predicted molar refractivity (Wildman–Crippen MR) is 127 cm³/mol. The first-order chi connectivity index (χ1) is 15.5. The topological polar surface area (TPSA) is 38.3 Å². The maximum absolute atomic E-state index is 14.6. The van der Waals surface area contributed by atoms with Gasteiger partial charge >= 0.3 is 5.97 Å². The fourth-order valence-corrected chi connectivity index (χ4v) is 4.85. The van der Waals surface area contributed by atoms with Crippen LogP contribution in [0.25, 0.3) is 11.1 Å². The number of methoxy groups -OCH3 is 1. The Balaban J connectivity index is 1.59. The van der Waals surface area contributed by atoms with E-state index in [2.05, 4.69) is 60.3 Å². The van der Waals surface area contributed by atoms with Gasteiger partial charge in [0.15, 0.2) is 0 Å². The zero-order chi connectivity index (χ0) is 22.7. The van der Waals surface area contributed by atoms with Gasteiger partial charge in [-0.3, -0.25) is 4.79 Å². The highest BCUT2D eigenvalue weighted by atomic mass is 19.1. The second-order valence-corrected chi connectivity index (χ2v) is 8.61. The average molecular weight is 432 g/mol. The van der Waals surface area contributed by atoms with E-state index in [0.717, 1.165) is 24.9 Å². The lowest BCUT2D eigenvalue weighted by Gasteiger charge is -2.30. The van der Waals surface area contributed by atoms with E-state index >= 15 is 0 Å². The number of nitrogens with one attached hydrogen (secondary N) is 1. The highest BCUT2D eigenvalue weighted by molar-refractivity contribution is 5.75. The van der Waals surface area contributed by atoms with E-state index in [1.54, 1.807) is 6.07 Å². The normalized spacial score (nSPS) is 15.2. The van der Waals surface area contributed by atoms with Crippen molar-refractivity contribution in [3.8, 4) is 11.1 Å². The number of benzene rings is 3. The number of hydrogen-bond acceptors (Lipinski definition) is 3. The zero-order valence-electron chi connectivity index (χ0n) is 19.0. The molecule has 0 radical (unpaired) electrons. The second-order valence-electron chi connectivity index (χ2n) is 8.61. The van der Waals surface area contributed by atoms with Crippen LogP contribution in [0.15, 0.2) is 54.6 Å². The lowest BCUT2D eigenvalue weighted by molar-refractivity contribution is -0.140. The van der Waals surface area contributed by atoms with Crippen LogP contribution >= 0.6 is 0 Å². The molecule has 0 heterocycles. The molecule has 0 saturated carbocycles. The summed E-state index contributed by atoms with van der Waals surface area (Å²) in [5.41, 5.74) is 9.20. The molecule has 0 aliphatic heterocycles. The molecule has 32 heavy (non-hydrogen) atoms. The largest absolute Gasteiger partial charge is 0.469 e. The highest BCUT2D eigenvalue weighted by Gasteiger charge is 2.24. The molecule has 3 aromatic carbocycles. The van der Waals surface area contributed by atoms with Crippen molar-refractivity contribution in [3.63, 3.8) is 0 Å². The molecule has 1 aliphatic rings. The first-order valence-electron chi connectivity index (χ1n) is 11.3. The Morgan fingerprint density at radius 3 is 2.56 bits per heavy atom. The van der Waals surface area contributed by atoms with Gasteiger partial charge in [-0.2, -0.15) is 0 Å². The molecular weight excluding hydrogens is 401 g/mol. The van der Waals surface area contributed by atoms with Gasteiger partial charge < -0.3 is 10.1 Å². The van der Waals surface area contributed by atoms with Crippen molar-refractivity contribution in [3.05, 3.63) is 88.2 Å². The molecule has 0 fully saturated rings. The molecule has 1 atom stereocenters. The zero-order valence-corrected chi connectivity index (χ0v) is 19.0. The molecule has 0 saturated heterocycles. The van der Waals surface area contributed by atoms with Crippen molar-refractivity contribution in [1.29, 1.82) is 0 Å². The second kappa shape index (κ2) is 9.56. The third kappa shape index (κ3) is 4.55. The van der Waals surface area contributed by atoms with E-state index in [0.29, 0.717) is 12.0 Å². The van der Waals surface area contributed by atoms with E-state index in [1.165, 1.54) is 46.6 Å². The number of aryl methyl sites for hydroxylation is 3. The number of rotatable bonds is 6. The van der Waals surface area contributed by atoms with Crippen LogP contribution in [0.1, 0.15) is 53.1 Å². The van der Waals surface area contributed by atoms with Gasteiger partial charge in [-0.25, -0.2) is 4.39 Å². The van der Waals surface area contributed by atoms with Gasteiger partial charge in [0.05, 0.1) is 13.2 Å². The number of anilines is 1. The Morgan fingerprint density at radius 2 is 1.84 bits per heavy atom. The Kier molecular flexibility index (Phi) is 6.59. The van der Waals surface area contributed by atoms with Crippen LogP contribution in [0.3, 0.4) is 0 Å². The number of carbonyl (C=O) groups excluding carboxylic acids is 1. The van der Waals surface area contributed by atoms with Crippen LogP contribution in [-0.2, 0) is 22.4 Å². The smallest absolute Gasteiger partial charge is 0.305 e. The summed E-state index contributed by atoms with van der Waals surface area (Å²) in [4.78, 5) is 11.4. The van der Waals surface area contributed by atoms with Gasteiger partial charge in [0, 0.05) is 12.1 Å².